The van der Waals surface area contributed by atoms with Crippen molar-refractivity contribution in [2.45, 2.75) is 37.8 Å². The van der Waals surface area contributed by atoms with Gasteiger partial charge in [0.1, 0.15) is 5.82 Å². The van der Waals surface area contributed by atoms with Gasteiger partial charge in [0.25, 0.3) is 11.8 Å². The number of carbonyl (C=O) groups excluding carboxylic acids is 2. The highest BCUT2D eigenvalue weighted by atomic mass is 16.1. The van der Waals surface area contributed by atoms with Gasteiger partial charge in [0.15, 0.2) is 0 Å². The first-order chi connectivity index (χ1) is 13.4. The molecule has 0 unspecified atom stereocenters. The second-order valence-corrected chi connectivity index (χ2v) is 6.66. The van der Waals surface area contributed by atoms with Gasteiger partial charge in [-0.3, -0.25) is 14.3 Å². The number of amides is 2. The molecule has 1 fully saturated rings. The number of rotatable bonds is 6. The van der Waals surface area contributed by atoms with Gasteiger partial charge in [0.2, 0.25) is 5.95 Å². The van der Waals surface area contributed by atoms with Crippen molar-refractivity contribution in [3.63, 3.8) is 0 Å². The molecule has 0 bridgehead atoms. The lowest BCUT2D eigenvalue weighted by Gasteiger charge is -2.29. The van der Waals surface area contributed by atoms with Crippen LogP contribution in [-0.2, 0) is 11.8 Å². The fourth-order valence-corrected chi connectivity index (χ4v) is 3.15. The Kier molecular flexibility index (Phi) is 5.74. The number of anilines is 3. The molecule has 0 aromatic carbocycles. The summed E-state index contributed by atoms with van der Waals surface area (Å²) in [6.07, 6.45) is 13.1. The van der Waals surface area contributed by atoms with Crippen LogP contribution in [0, 0.1) is 12.3 Å². The Morgan fingerprint density at radius 1 is 1.25 bits per heavy atom. The van der Waals surface area contributed by atoms with Crippen LogP contribution in [0.2, 0.25) is 0 Å². The molecule has 0 spiro atoms. The molecule has 146 valence electrons. The molecule has 0 radical (unpaired) electrons. The summed E-state index contributed by atoms with van der Waals surface area (Å²) in [5.74, 6) is 1.77. The highest BCUT2D eigenvalue weighted by Crippen LogP contribution is 2.24. The molecule has 2 aromatic rings. The highest BCUT2D eigenvalue weighted by Gasteiger charge is 2.24. The molecule has 2 aromatic heterocycles. The van der Waals surface area contributed by atoms with Gasteiger partial charge < -0.3 is 21.7 Å². The zero-order valence-electron chi connectivity index (χ0n) is 15.5. The normalized spacial score (nSPS) is 18.7. The number of primary amides is 1. The van der Waals surface area contributed by atoms with E-state index in [-0.39, 0.29) is 17.6 Å². The monoisotopic (exact) mass is 382 g/mol. The van der Waals surface area contributed by atoms with Crippen molar-refractivity contribution in [1.82, 2.24) is 25.1 Å². The van der Waals surface area contributed by atoms with E-state index in [2.05, 4.69) is 36.9 Å². The first kappa shape index (κ1) is 19.2. The largest absolute Gasteiger partial charge is 0.367 e. The summed E-state index contributed by atoms with van der Waals surface area (Å²) in [6, 6.07) is 0.156. The number of nitrogens with two attached hydrogens (primary N) is 1. The predicted molar refractivity (Wildman–Crippen MR) is 104 cm³/mol. The molecular formula is C18H22N8O2. The molecular weight excluding hydrogens is 360 g/mol. The van der Waals surface area contributed by atoms with Crippen LogP contribution in [0.15, 0.2) is 18.6 Å². The summed E-state index contributed by atoms with van der Waals surface area (Å²) in [5, 5.41) is 13.2. The minimum Gasteiger partial charge on any atom is -0.367 e. The van der Waals surface area contributed by atoms with Gasteiger partial charge in [-0.1, -0.05) is 0 Å². The number of aryl methyl sites for hydroxylation is 1. The smallest absolute Gasteiger partial charge is 0.295 e. The van der Waals surface area contributed by atoms with Gasteiger partial charge in [-0.2, -0.15) is 10.1 Å². The third kappa shape index (κ3) is 4.76. The van der Waals surface area contributed by atoms with Crippen LogP contribution in [-0.4, -0.2) is 43.6 Å². The molecule has 2 heterocycles. The van der Waals surface area contributed by atoms with Gasteiger partial charge in [-0.05, 0) is 31.6 Å². The number of hydrogen-bond acceptors (Lipinski definition) is 7. The lowest BCUT2D eigenvalue weighted by atomic mass is 9.91. The molecule has 3 rings (SSSR count). The predicted octanol–water partition coefficient (Wildman–Crippen LogP) is 0.525. The van der Waals surface area contributed by atoms with E-state index in [9.17, 15) is 9.59 Å². The maximum absolute atomic E-state index is 11.7. The van der Waals surface area contributed by atoms with Crippen molar-refractivity contribution in [1.29, 1.82) is 0 Å². The van der Waals surface area contributed by atoms with Gasteiger partial charge >= 0.3 is 0 Å². The third-order valence-electron chi connectivity index (χ3n) is 4.55. The molecule has 5 N–H and O–H groups in total. The maximum Gasteiger partial charge on any atom is 0.295 e. The van der Waals surface area contributed by atoms with Crippen LogP contribution >= 0.6 is 0 Å². The summed E-state index contributed by atoms with van der Waals surface area (Å²) in [4.78, 5) is 31.6. The Morgan fingerprint density at radius 2 is 1.96 bits per heavy atom. The molecule has 1 saturated carbocycles. The Hall–Kier alpha value is -3.61. The van der Waals surface area contributed by atoms with Gasteiger partial charge in [0, 0.05) is 31.5 Å². The molecule has 1 aliphatic rings. The van der Waals surface area contributed by atoms with E-state index in [1.165, 1.54) is 6.20 Å². The summed E-state index contributed by atoms with van der Waals surface area (Å²) in [5.41, 5.74) is 6.41. The number of terminal acetylenes is 1. The quantitative estimate of drug-likeness (QED) is 0.534. The van der Waals surface area contributed by atoms with Crippen molar-refractivity contribution in [2.75, 3.05) is 10.6 Å². The van der Waals surface area contributed by atoms with Crippen LogP contribution in [0.4, 0.5) is 17.5 Å². The van der Waals surface area contributed by atoms with Crippen molar-refractivity contribution in [3.8, 4) is 12.3 Å². The minimum absolute atomic E-state index is 0.0606. The second kappa shape index (κ2) is 8.39. The van der Waals surface area contributed by atoms with Crippen molar-refractivity contribution in [2.24, 2.45) is 12.8 Å². The van der Waals surface area contributed by atoms with E-state index in [1.54, 1.807) is 24.1 Å². The number of carbonyl (C=O) groups is 2. The summed E-state index contributed by atoms with van der Waals surface area (Å²) < 4.78 is 1.65. The van der Waals surface area contributed by atoms with Crippen molar-refractivity contribution < 1.29 is 9.59 Å². The molecule has 28 heavy (non-hydrogen) atoms. The topological polar surface area (TPSA) is 140 Å². The zero-order chi connectivity index (χ0) is 20.1. The third-order valence-corrected chi connectivity index (χ3v) is 4.55. The van der Waals surface area contributed by atoms with E-state index in [0.29, 0.717) is 11.8 Å². The van der Waals surface area contributed by atoms with Gasteiger partial charge in [-0.15, -0.1) is 6.42 Å². The molecule has 10 nitrogen and oxygen atoms in total. The van der Waals surface area contributed by atoms with Crippen LogP contribution in [0.5, 0.6) is 0 Å². The average Bonchev–Trinajstić information content (AvgIpc) is 3.08. The lowest BCUT2D eigenvalue weighted by Crippen LogP contribution is -2.39. The lowest BCUT2D eigenvalue weighted by molar-refractivity contribution is -0.116. The minimum atomic E-state index is -0.606. The van der Waals surface area contributed by atoms with Crippen molar-refractivity contribution in [3.05, 3.63) is 24.2 Å². The number of hydrogen-bond donors (Lipinski definition) is 4. The SMILES string of the molecule is C#CC(=O)NC1CCC(Nc2nc(Nc3cnn(C)c3)ncc2C(N)=O)CC1. The summed E-state index contributed by atoms with van der Waals surface area (Å²) in [6.45, 7) is 0. The second-order valence-electron chi connectivity index (χ2n) is 6.66. The zero-order valence-corrected chi connectivity index (χ0v) is 15.5. The van der Waals surface area contributed by atoms with Crippen LogP contribution in [0.1, 0.15) is 36.0 Å². The van der Waals surface area contributed by atoms with Gasteiger partial charge in [0.05, 0.1) is 17.4 Å². The average molecular weight is 382 g/mol. The van der Waals surface area contributed by atoms with E-state index >= 15 is 0 Å². The van der Waals surface area contributed by atoms with Gasteiger partial charge in [-0.25, -0.2) is 4.98 Å². The molecule has 10 heteroatoms. The number of nitrogens with zero attached hydrogens (tertiary/aromatic N) is 4. The van der Waals surface area contributed by atoms with Crippen LogP contribution in [0.3, 0.4) is 0 Å². The fourth-order valence-electron chi connectivity index (χ4n) is 3.15. The standard InChI is InChI=1S/C18H22N8O2/c1-3-15(27)22-11-4-6-12(7-5-11)23-17-14(16(19)28)9-20-18(25-17)24-13-8-21-26(2)10-13/h1,8-12H,4-7H2,2H3,(H2,19,28)(H,22,27)(H2,20,23,24,25). The Morgan fingerprint density at radius 3 is 2.57 bits per heavy atom. The molecule has 0 atom stereocenters. The van der Waals surface area contributed by atoms with Crippen molar-refractivity contribution >= 4 is 29.3 Å². The summed E-state index contributed by atoms with van der Waals surface area (Å²) in [7, 11) is 1.80. The first-order valence-corrected chi connectivity index (χ1v) is 8.90. The van der Waals surface area contributed by atoms with Crippen LogP contribution in [0.25, 0.3) is 0 Å². The number of nitrogens with one attached hydrogen (secondary N) is 3. The molecule has 0 saturated heterocycles. The molecule has 2 amide bonds. The fraction of sp³-hybridized carbons (Fsp3) is 0.389. The summed E-state index contributed by atoms with van der Waals surface area (Å²) >= 11 is 0. The number of aromatic nitrogens is 4. The first-order valence-electron chi connectivity index (χ1n) is 8.90. The van der Waals surface area contributed by atoms with E-state index < -0.39 is 11.8 Å². The molecule has 1 aliphatic carbocycles. The van der Waals surface area contributed by atoms with E-state index in [1.807, 2.05) is 0 Å². The van der Waals surface area contributed by atoms with Crippen LogP contribution < -0.4 is 21.7 Å². The Bertz CT molecular complexity index is 909. The Labute approximate surface area is 162 Å². The maximum atomic E-state index is 11.7. The van der Waals surface area contributed by atoms with E-state index in [0.717, 1.165) is 31.4 Å². The van der Waals surface area contributed by atoms with E-state index in [4.69, 9.17) is 12.2 Å². The highest BCUT2D eigenvalue weighted by molar-refractivity contribution is 5.97. The molecule has 0 aliphatic heterocycles. The Balaban J connectivity index is 1.68.